The summed E-state index contributed by atoms with van der Waals surface area (Å²) in [6.07, 6.45) is 0. The van der Waals surface area contributed by atoms with Gasteiger partial charge in [-0.15, -0.1) is 11.3 Å². The van der Waals surface area contributed by atoms with Gasteiger partial charge in [-0.05, 0) is 53.9 Å². The number of fused-ring (bicyclic) bond motifs is 1. The third-order valence-electron chi connectivity index (χ3n) is 4.37. The predicted molar refractivity (Wildman–Crippen MR) is 104 cm³/mol. The van der Waals surface area contributed by atoms with Crippen molar-refractivity contribution in [2.24, 2.45) is 0 Å². The van der Waals surface area contributed by atoms with E-state index in [9.17, 15) is 14.0 Å². The van der Waals surface area contributed by atoms with E-state index >= 15 is 0 Å². The number of hydrogen-bond acceptors (Lipinski definition) is 3. The molecule has 7 heteroatoms. The van der Waals surface area contributed by atoms with E-state index < -0.39 is 11.9 Å². The lowest BCUT2D eigenvalue weighted by atomic mass is 10.0. The van der Waals surface area contributed by atoms with Crippen molar-refractivity contribution in [3.63, 3.8) is 0 Å². The standard InChI is InChI=1S/C20H14ClFN2O2S/c21-13-5-3-12(4-6-13)20(26)24-11-18(25)23-16-8-7-14(22)10-15(16)19(24)17-2-1-9-27-17/h1-10,19H,11H2,(H,23,25). The van der Waals surface area contributed by atoms with Crippen molar-refractivity contribution in [2.45, 2.75) is 6.04 Å². The Morgan fingerprint density at radius 2 is 1.96 bits per heavy atom. The normalized spacial score (nSPS) is 16.4. The van der Waals surface area contributed by atoms with E-state index in [0.717, 1.165) is 4.88 Å². The van der Waals surface area contributed by atoms with Gasteiger partial charge in [0.25, 0.3) is 5.91 Å². The van der Waals surface area contributed by atoms with Crippen molar-refractivity contribution >= 4 is 40.4 Å². The Morgan fingerprint density at radius 1 is 1.19 bits per heavy atom. The maximum atomic E-state index is 14.0. The van der Waals surface area contributed by atoms with Gasteiger partial charge >= 0.3 is 0 Å². The maximum Gasteiger partial charge on any atom is 0.255 e. The fourth-order valence-electron chi connectivity index (χ4n) is 3.18. The fourth-order valence-corrected chi connectivity index (χ4v) is 4.16. The van der Waals surface area contributed by atoms with Gasteiger partial charge in [-0.25, -0.2) is 4.39 Å². The van der Waals surface area contributed by atoms with Crippen LogP contribution in [-0.4, -0.2) is 23.3 Å². The highest BCUT2D eigenvalue weighted by Gasteiger charge is 2.34. The van der Waals surface area contributed by atoms with E-state index in [4.69, 9.17) is 11.6 Å². The molecule has 4 nitrogen and oxygen atoms in total. The second-order valence-electron chi connectivity index (χ2n) is 6.14. The zero-order chi connectivity index (χ0) is 19.0. The maximum absolute atomic E-state index is 14.0. The van der Waals surface area contributed by atoms with Gasteiger partial charge in [0.1, 0.15) is 12.4 Å². The number of anilines is 1. The number of nitrogens with one attached hydrogen (secondary N) is 1. The first-order valence-corrected chi connectivity index (χ1v) is 9.48. The van der Waals surface area contributed by atoms with Crippen LogP contribution in [0.3, 0.4) is 0 Å². The van der Waals surface area contributed by atoms with Gasteiger partial charge in [0.15, 0.2) is 0 Å². The highest BCUT2D eigenvalue weighted by atomic mass is 35.5. The van der Waals surface area contributed by atoms with Crippen molar-refractivity contribution in [1.82, 2.24) is 4.90 Å². The quantitative estimate of drug-likeness (QED) is 0.676. The van der Waals surface area contributed by atoms with Gasteiger partial charge in [0, 0.05) is 26.7 Å². The summed E-state index contributed by atoms with van der Waals surface area (Å²) >= 11 is 7.37. The molecule has 1 atom stereocenters. The first-order valence-electron chi connectivity index (χ1n) is 8.22. The second kappa shape index (κ2) is 7.13. The molecule has 0 bridgehead atoms. The number of rotatable bonds is 2. The molecule has 1 aliphatic rings. The summed E-state index contributed by atoms with van der Waals surface area (Å²) in [6, 6.07) is 13.8. The highest BCUT2D eigenvalue weighted by molar-refractivity contribution is 7.10. The first-order chi connectivity index (χ1) is 13.0. The number of nitrogens with zero attached hydrogens (tertiary/aromatic N) is 1. The van der Waals surface area contributed by atoms with E-state index in [1.807, 2.05) is 17.5 Å². The van der Waals surface area contributed by atoms with Crippen molar-refractivity contribution in [3.05, 3.63) is 86.8 Å². The molecule has 3 aromatic rings. The molecule has 4 rings (SSSR count). The third kappa shape index (κ3) is 3.46. The molecular formula is C20H14ClFN2O2S. The minimum absolute atomic E-state index is 0.139. The lowest BCUT2D eigenvalue weighted by molar-refractivity contribution is -0.117. The molecule has 1 N–H and O–H groups in total. The molecule has 27 heavy (non-hydrogen) atoms. The van der Waals surface area contributed by atoms with Crippen LogP contribution in [0.25, 0.3) is 0 Å². The molecule has 136 valence electrons. The van der Waals surface area contributed by atoms with Gasteiger partial charge < -0.3 is 10.2 Å². The Labute approximate surface area is 164 Å². The van der Waals surface area contributed by atoms with E-state index in [-0.39, 0.29) is 18.4 Å². The Kier molecular flexibility index (Phi) is 4.68. The third-order valence-corrected chi connectivity index (χ3v) is 5.55. The van der Waals surface area contributed by atoms with Crippen LogP contribution in [0.2, 0.25) is 5.02 Å². The number of thiophene rings is 1. The molecule has 1 unspecified atom stereocenters. The Bertz CT molecular complexity index is 1010. The minimum Gasteiger partial charge on any atom is -0.324 e. The largest absolute Gasteiger partial charge is 0.324 e. The Balaban J connectivity index is 1.86. The average Bonchev–Trinajstić information content (AvgIpc) is 3.13. The number of carbonyl (C=O) groups excluding carboxylic acids is 2. The number of carbonyl (C=O) groups is 2. The van der Waals surface area contributed by atoms with E-state index in [1.165, 1.54) is 34.4 Å². The summed E-state index contributed by atoms with van der Waals surface area (Å²) in [5, 5.41) is 5.18. The van der Waals surface area contributed by atoms with Crippen molar-refractivity contribution in [3.8, 4) is 0 Å². The average molecular weight is 401 g/mol. The minimum atomic E-state index is -0.571. The summed E-state index contributed by atoms with van der Waals surface area (Å²) in [5.41, 5.74) is 1.46. The zero-order valence-corrected chi connectivity index (χ0v) is 15.6. The van der Waals surface area contributed by atoms with Gasteiger partial charge in [0.05, 0.1) is 6.04 Å². The molecule has 0 saturated heterocycles. The number of amides is 2. The molecule has 2 aromatic carbocycles. The molecule has 1 aliphatic heterocycles. The smallest absolute Gasteiger partial charge is 0.255 e. The fraction of sp³-hybridized carbons (Fsp3) is 0.100. The molecule has 0 fully saturated rings. The summed E-state index contributed by atoms with van der Waals surface area (Å²) in [6.45, 7) is -0.139. The van der Waals surface area contributed by atoms with Crippen LogP contribution in [0, 0.1) is 5.82 Å². The molecule has 2 heterocycles. The first kappa shape index (κ1) is 17.7. The molecule has 0 radical (unpaired) electrons. The number of benzene rings is 2. The van der Waals surface area contributed by atoms with Crippen LogP contribution in [0.15, 0.2) is 60.0 Å². The van der Waals surface area contributed by atoms with Crippen molar-refractivity contribution in [1.29, 1.82) is 0 Å². The second-order valence-corrected chi connectivity index (χ2v) is 7.55. The molecule has 0 spiro atoms. The van der Waals surface area contributed by atoms with E-state index in [2.05, 4.69) is 5.32 Å². The number of halogens is 2. The van der Waals surface area contributed by atoms with Crippen LogP contribution < -0.4 is 5.32 Å². The molecule has 1 aromatic heterocycles. The molecular weight excluding hydrogens is 387 g/mol. The highest BCUT2D eigenvalue weighted by Crippen LogP contribution is 2.38. The van der Waals surface area contributed by atoms with Crippen LogP contribution in [0.1, 0.15) is 26.8 Å². The Hall–Kier alpha value is -2.70. The van der Waals surface area contributed by atoms with Gasteiger partial charge in [0.2, 0.25) is 5.91 Å². The van der Waals surface area contributed by atoms with Gasteiger partial charge in [-0.1, -0.05) is 17.7 Å². The zero-order valence-electron chi connectivity index (χ0n) is 14.0. The van der Waals surface area contributed by atoms with Crippen molar-refractivity contribution < 1.29 is 14.0 Å². The van der Waals surface area contributed by atoms with Gasteiger partial charge in [-0.3, -0.25) is 9.59 Å². The molecule has 0 aliphatic carbocycles. The van der Waals surface area contributed by atoms with Crippen LogP contribution in [0.4, 0.5) is 10.1 Å². The lowest BCUT2D eigenvalue weighted by Crippen LogP contribution is -2.38. The molecule has 0 saturated carbocycles. The summed E-state index contributed by atoms with van der Waals surface area (Å²) in [7, 11) is 0. The lowest BCUT2D eigenvalue weighted by Gasteiger charge is -2.29. The van der Waals surface area contributed by atoms with E-state index in [1.54, 1.807) is 24.3 Å². The predicted octanol–water partition coefficient (Wildman–Crippen LogP) is 4.72. The number of hydrogen-bond donors (Lipinski definition) is 1. The van der Waals surface area contributed by atoms with E-state index in [0.29, 0.717) is 21.8 Å². The van der Waals surface area contributed by atoms with Crippen LogP contribution >= 0.6 is 22.9 Å². The van der Waals surface area contributed by atoms with Gasteiger partial charge in [-0.2, -0.15) is 0 Å². The van der Waals surface area contributed by atoms with Crippen molar-refractivity contribution in [2.75, 3.05) is 11.9 Å². The SMILES string of the molecule is O=C1CN(C(=O)c2ccc(Cl)cc2)C(c2cccs2)c2cc(F)ccc2N1. The summed E-state index contributed by atoms with van der Waals surface area (Å²) in [5.74, 6) is -1.08. The Morgan fingerprint density at radius 3 is 2.67 bits per heavy atom. The summed E-state index contributed by atoms with van der Waals surface area (Å²) < 4.78 is 14.0. The monoisotopic (exact) mass is 400 g/mol. The summed E-state index contributed by atoms with van der Waals surface area (Å²) in [4.78, 5) is 28.0. The molecule has 2 amide bonds. The topological polar surface area (TPSA) is 49.4 Å². The van der Waals surface area contributed by atoms with Crippen LogP contribution in [-0.2, 0) is 4.79 Å². The van der Waals surface area contributed by atoms with Crippen LogP contribution in [0.5, 0.6) is 0 Å².